The lowest BCUT2D eigenvalue weighted by Crippen LogP contribution is -2.34. The van der Waals surface area contributed by atoms with Crippen molar-refractivity contribution in [3.05, 3.63) is 30.1 Å². The van der Waals surface area contributed by atoms with Crippen LogP contribution in [-0.4, -0.2) is 34.9 Å². The van der Waals surface area contributed by atoms with Crippen molar-refractivity contribution in [1.82, 2.24) is 15.2 Å². The minimum absolute atomic E-state index is 0.0947. The van der Waals surface area contributed by atoms with Gasteiger partial charge in [-0.1, -0.05) is 6.07 Å². The van der Waals surface area contributed by atoms with E-state index in [2.05, 4.69) is 16.4 Å². The smallest absolute Gasteiger partial charge is 0.224 e. The van der Waals surface area contributed by atoms with Gasteiger partial charge in [0.1, 0.15) is 0 Å². The molecule has 2 rings (SSSR count). The molecule has 1 aromatic heterocycles. The summed E-state index contributed by atoms with van der Waals surface area (Å²) in [4.78, 5) is 18.0. The summed E-state index contributed by atoms with van der Waals surface area (Å²) in [6.07, 6.45) is 6.77. The lowest BCUT2D eigenvalue weighted by atomic mass is 10.2. The quantitative estimate of drug-likeness (QED) is 0.778. The standard InChI is InChI=1S/C15H20N4O/c16-7-2-10-19(12-13-3-1-8-17-11-13)15(20)6-9-18-14-4-5-14/h1,3,8,11,14,18H,2,4-6,9-10,12H2. The van der Waals surface area contributed by atoms with Gasteiger partial charge in [0.15, 0.2) is 0 Å². The SMILES string of the molecule is N#CCCN(Cc1cccnc1)C(=O)CCNC1CC1. The topological polar surface area (TPSA) is 69.0 Å². The van der Waals surface area contributed by atoms with E-state index in [1.54, 1.807) is 17.3 Å². The molecule has 106 valence electrons. The Kier molecular flexibility index (Phi) is 5.51. The van der Waals surface area contributed by atoms with Gasteiger partial charge in [-0.3, -0.25) is 9.78 Å². The monoisotopic (exact) mass is 272 g/mol. The zero-order chi connectivity index (χ0) is 14.2. The van der Waals surface area contributed by atoms with Gasteiger partial charge in [-0.2, -0.15) is 5.26 Å². The highest BCUT2D eigenvalue weighted by molar-refractivity contribution is 5.76. The Morgan fingerprint density at radius 2 is 2.40 bits per heavy atom. The summed E-state index contributed by atoms with van der Waals surface area (Å²) < 4.78 is 0. The molecule has 0 aliphatic heterocycles. The van der Waals surface area contributed by atoms with Crippen LogP contribution in [0, 0.1) is 11.3 Å². The van der Waals surface area contributed by atoms with E-state index in [1.165, 1.54) is 12.8 Å². The van der Waals surface area contributed by atoms with Gasteiger partial charge in [-0.15, -0.1) is 0 Å². The summed E-state index contributed by atoms with van der Waals surface area (Å²) in [5, 5.41) is 12.0. The fourth-order valence-corrected chi connectivity index (χ4v) is 2.02. The summed E-state index contributed by atoms with van der Waals surface area (Å²) in [5.74, 6) is 0.0947. The van der Waals surface area contributed by atoms with E-state index < -0.39 is 0 Å². The second-order valence-corrected chi connectivity index (χ2v) is 5.06. The van der Waals surface area contributed by atoms with Crippen molar-refractivity contribution in [2.75, 3.05) is 13.1 Å². The van der Waals surface area contributed by atoms with Crippen LogP contribution in [0.5, 0.6) is 0 Å². The summed E-state index contributed by atoms with van der Waals surface area (Å²) in [6.45, 7) is 1.73. The van der Waals surface area contributed by atoms with Crippen molar-refractivity contribution < 1.29 is 4.79 Å². The van der Waals surface area contributed by atoms with Gasteiger partial charge < -0.3 is 10.2 Å². The maximum absolute atomic E-state index is 12.2. The highest BCUT2D eigenvalue weighted by atomic mass is 16.2. The van der Waals surface area contributed by atoms with Gasteiger partial charge in [0.25, 0.3) is 0 Å². The Labute approximate surface area is 119 Å². The Hall–Kier alpha value is -1.93. The van der Waals surface area contributed by atoms with Gasteiger partial charge in [-0.25, -0.2) is 0 Å². The highest BCUT2D eigenvalue weighted by Gasteiger charge is 2.21. The van der Waals surface area contributed by atoms with E-state index in [4.69, 9.17) is 5.26 Å². The van der Waals surface area contributed by atoms with Crippen molar-refractivity contribution in [1.29, 1.82) is 5.26 Å². The van der Waals surface area contributed by atoms with E-state index in [1.807, 2.05) is 12.1 Å². The molecule has 0 bridgehead atoms. The Morgan fingerprint density at radius 3 is 3.05 bits per heavy atom. The van der Waals surface area contributed by atoms with Crippen molar-refractivity contribution in [3.63, 3.8) is 0 Å². The van der Waals surface area contributed by atoms with Crippen LogP contribution in [-0.2, 0) is 11.3 Å². The first-order valence-corrected chi connectivity index (χ1v) is 7.06. The van der Waals surface area contributed by atoms with Crippen LogP contribution < -0.4 is 5.32 Å². The molecule has 0 saturated heterocycles. The number of nitriles is 1. The van der Waals surface area contributed by atoms with E-state index in [0.717, 1.165) is 12.1 Å². The van der Waals surface area contributed by atoms with Crippen molar-refractivity contribution in [2.45, 2.75) is 38.3 Å². The normalized spacial score (nSPS) is 13.8. The van der Waals surface area contributed by atoms with Crippen molar-refractivity contribution in [2.24, 2.45) is 0 Å². The molecule has 1 fully saturated rings. The van der Waals surface area contributed by atoms with Crippen LogP contribution >= 0.6 is 0 Å². The third kappa shape index (κ3) is 4.98. The first-order chi connectivity index (χ1) is 9.79. The zero-order valence-corrected chi connectivity index (χ0v) is 11.6. The third-order valence-electron chi connectivity index (χ3n) is 3.29. The number of nitrogens with zero attached hydrogens (tertiary/aromatic N) is 3. The fourth-order valence-electron chi connectivity index (χ4n) is 2.02. The molecule has 1 aliphatic carbocycles. The molecule has 0 unspecified atom stereocenters. The molecule has 0 radical (unpaired) electrons. The molecule has 0 aromatic carbocycles. The summed E-state index contributed by atoms with van der Waals surface area (Å²) in [5.41, 5.74) is 0.994. The second-order valence-electron chi connectivity index (χ2n) is 5.06. The van der Waals surface area contributed by atoms with E-state index >= 15 is 0 Å². The molecule has 5 nitrogen and oxygen atoms in total. The Morgan fingerprint density at radius 1 is 1.55 bits per heavy atom. The van der Waals surface area contributed by atoms with E-state index in [-0.39, 0.29) is 5.91 Å². The molecule has 5 heteroatoms. The number of carbonyl (C=O) groups excluding carboxylic acids is 1. The molecule has 1 aromatic rings. The number of amides is 1. The summed E-state index contributed by atoms with van der Waals surface area (Å²) in [7, 11) is 0. The molecule has 1 N–H and O–H groups in total. The van der Waals surface area contributed by atoms with Crippen LogP contribution in [0.25, 0.3) is 0 Å². The molecule has 1 amide bonds. The van der Waals surface area contributed by atoms with Crippen LogP contribution in [0.4, 0.5) is 0 Å². The van der Waals surface area contributed by atoms with Crippen LogP contribution in [0.1, 0.15) is 31.2 Å². The molecule has 0 spiro atoms. The van der Waals surface area contributed by atoms with Gasteiger partial charge in [0.05, 0.1) is 12.5 Å². The number of nitrogens with one attached hydrogen (secondary N) is 1. The molecule has 1 aliphatic rings. The molecule has 1 saturated carbocycles. The zero-order valence-electron chi connectivity index (χ0n) is 11.6. The lowest BCUT2D eigenvalue weighted by Gasteiger charge is -2.21. The minimum atomic E-state index is 0.0947. The number of pyridine rings is 1. The number of rotatable bonds is 8. The number of carbonyl (C=O) groups is 1. The predicted octanol–water partition coefficient (Wildman–Crippen LogP) is 1.47. The maximum atomic E-state index is 12.2. The number of aromatic nitrogens is 1. The van der Waals surface area contributed by atoms with Crippen molar-refractivity contribution >= 4 is 5.91 Å². The molecule has 20 heavy (non-hydrogen) atoms. The average molecular weight is 272 g/mol. The summed E-state index contributed by atoms with van der Waals surface area (Å²) in [6, 6.07) is 6.52. The van der Waals surface area contributed by atoms with E-state index in [0.29, 0.717) is 32.0 Å². The molecular formula is C15H20N4O. The maximum Gasteiger partial charge on any atom is 0.224 e. The first kappa shape index (κ1) is 14.5. The first-order valence-electron chi connectivity index (χ1n) is 7.06. The van der Waals surface area contributed by atoms with Gasteiger partial charge >= 0.3 is 0 Å². The summed E-state index contributed by atoms with van der Waals surface area (Å²) >= 11 is 0. The van der Waals surface area contributed by atoms with Crippen LogP contribution in [0.15, 0.2) is 24.5 Å². The highest BCUT2D eigenvalue weighted by Crippen LogP contribution is 2.18. The Balaban J connectivity index is 1.84. The molecule has 0 atom stereocenters. The predicted molar refractivity (Wildman–Crippen MR) is 75.5 cm³/mol. The largest absolute Gasteiger partial charge is 0.337 e. The van der Waals surface area contributed by atoms with Crippen LogP contribution in [0.2, 0.25) is 0 Å². The van der Waals surface area contributed by atoms with Gasteiger partial charge in [0.2, 0.25) is 5.91 Å². The van der Waals surface area contributed by atoms with Crippen molar-refractivity contribution in [3.8, 4) is 6.07 Å². The fraction of sp³-hybridized carbons (Fsp3) is 0.533. The van der Waals surface area contributed by atoms with E-state index in [9.17, 15) is 4.79 Å². The van der Waals surface area contributed by atoms with Gasteiger partial charge in [0, 0.05) is 44.5 Å². The lowest BCUT2D eigenvalue weighted by molar-refractivity contribution is -0.131. The van der Waals surface area contributed by atoms with Gasteiger partial charge in [-0.05, 0) is 24.5 Å². The average Bonchev–Trinajstić information content (AvgIpc) is 3.28. The molecule has 1 heterocycles. The second kappa shape index (κ2) is 7.61. The molecular weight excluding hydrogens is 252 g/mol. The van der Waals surface area contributed by atoms with Crippen LogP contribution in [0.3, 0.4) is 0 Å². The minimum Gasteiger partial charge on any atom is -0.337 e. The Bertz CT molecular complexity index is 465. The third-order valence-corrected chi connectivity index (χ3v) is 3.29. The number of hydrogen-bond donors (Lipinski definition) is 1. The number of hydrogen-bond acceptors (Lipinski definition) is 4.